The molecule has 0 saturated heterocycles. The molecule has 0 bridgehead atoms. The third kappa shape index (κ3) is 5.73. The van der Waals surface area contributed by atoms with Crippen molar-refractivity contribution >= 4 is 11.6 Å². The first-order valence-electron chi connectivity index (χ1n) is 7.29. The molecule has 120 valence electrons. The quantitative estimate of drug-likeness (QED) is 0.758. The molecule has 2 atom stereocenters. The molecule has 0 radical (unpaired) electrons. The molecule has 0 aliphatic rings. The largest absolute Gasteiger partial charge is 0.493 e. The van der Waals surface area contributed by atoms with Crippen molar-refractivity contribution in [3.8, 4) is 11.5 Å². The Labute approximate surface area is 132 Å². The number of rotatable bonds is 9. The first-order chi connectivity index (χ1) is 10.0. The second-order valence-corrected chi connectivity index (χ2v) is 5.62. The molecule has 1 aromatic carbocycles. The lowest BCUT2D eigenvalue weighted by atomic mass is 10.0. The summed E-state index contributed by atoms with van der Waals surface area (Å²) in [6.45, 7) is 4.73. The minimum atomic E-state index is 0.0247. The summed E-state index contributed by atoms with van der Waals surface area (Å²) in [5, 5.41) is 0.627. The van der Waals surface area contributed by atoms with E-state index in [1.807, 2.05) is 13.0 Å². The van der Waals surface area contributed by atoms with Gasteiger partial charge in [0.15, 0.2) is 11.5 Å². The molecule has 0 saturated carbocycles. The Morgan fingerprint density at radius 3 is 2.57 bits per heavy atom. The van der Waals surface area contributed by atoms with Gasteiger partial charge in [0.1, 0.15) is 0 Å². The SMILES string of the molecule is CCC(N)Cc1cc(Cl)cc(OC)c1OC(C)CCOC. The summed E-state index contributed by atoms with van der Waals surface area (Å²) in [5.74, 6) is 1.37. The van der Waals surface area contributed by atoms with Crippen molar-refractivity contribution < 1.29 is 14.2 Å². The fourth-order valence-electron chi connectivity index (χ4n) is 2.03. The molecule has 0 fully saturated rings. The Kier molecular flexibility index (Phi) is 7.86. The average Bonchev–Trinajstić information content (AvgIpc) is 2.47. The topological polar surface area (TPSA) is 53.7 Å². The molecule has 0 aliphatic heterocycles. The van der Waals surface area contributed by atoms with Crippen LogP contribution in [0, 0.1) is 0 Å². The van der Waals surface area contributed by atoms with Gasteiger partial charge in [0.25, 0.3) is 0 Å². The number of hydrogen-bond acceptors (Lipinski definition) is 4. The van der Waals surface area contributed by atoms with Crippen LogP contribution < -0.4 is 15.2 Å². The van der Waals surface area contributed by atoms with Crippen LogP contribution in [0.1, 0.15) is 32.3 Å². The van der Waals surface area contributed by atoms with Crippen LogP contribution in [0.3, 0.4) is 0 Å². The maximum Gasteiger partial charge on any atom is 0.164 e. The highest BCUT2D eigenvalue weighted by Crippen LogP contribution is 2.36. The highest BCUT2D eigenvalue weighted by atomic mass is 35.5. The molecule has 0 amide bonds. The van der Waals surface area contributed by atoms with Crippen LogP contribution in [-0.2, 0) is 11.2 Å². The van der Waals surface area contributed by atoms with Crippen molar-refractivity contribution in [2.45, 2.75) is 45.3 Å². The van der Waals surface area contributed by atoms with Crippen molar-refractivity contribution in [1.82, 2.24) is 0 Å². The van der Waals surface area contributed by atoms with Crippen LogP contribution in [0.25, 0.3) is 0 Å². The van der Waals surface area contributed by atoms with Gasteiger partial charge < -0.3 is 19.9 Å². The van der Waals surface area contributed by atoms with Crippen molar-refractivity contribution in [3.63, 3.8) is 0 Å². The predicted molar refractivity (Wildman–Crippen MR) is 86.6 cm³/mol. The van der Waals surface area contributed by atoms with Gasteiger partial charge in [-0.25, -0.2) is 0 Å². The minimum Gasteiger partial charge on any atom is -0.493 e. The van der Waals surface area contributed by atoms with E-state index in [4.69, 9.17) is 31.5 Å². The summed E-state index contributed by atoms with van der Waals surface area (Å²) in [6.07, 6.45) is 2.44. The van der Waals surface area contributed by atoms with E-state index in [-0.39, 0.29) is 12.1 Å². The third-order valence-corrected chi connectivity index (χ3v) is 3.59. The van der Waals surface area contributed by atoms with E-state index >= 15 is 0 Å². The standard InChI is InChI=1S/C16H26ClNO3/c1-5-14(18)9-12-8-13(17)10-15(20-4)16(12)21-11(2)6-7-19-3/h8,10-11,14H,5-7,9,18H2,1-4H3. The second kappa shape index (κ2) is 9.13. The molecule has 0 aliphatic carbocycles. The van der Waals surface area contributed by atoms with E-state index in [0.29, 0.717) is 23.8 Å². The van der Waals surface area contributed by atoms with Crippen molar-refractivity contribution in [1.29, 1.82) is 0 Å². The predicted octanol–water partition coefficient (Wildman–Crippen LogP) is 3.43. The number of halogens is 1. The first-order valence-corrected chi connectivity index (χ1v) is 7.67. The van der Waals surface area contributed by atoms with Crippen LogP contribution in [0.2, 0.25) is 5.02 Å². The number of methoxy groups -OCH3 is 2. The normalized spacial score (nSPS) is 13.8. The number of ether oxygens (including phenoxy) is 3. The second-order valence-electron chi connectivity index (χ2n) is 5.18. The van der Waals surface area contributed by atoms with E-state index in [2.05, 4.69) is 6.92 Å². The number of nitrogens with two attached hydrogens (primary N) is 1. The highest BCUT2D eigenvalue weighted by Gasteiger charge is 2.17. The molecule has 1 aromatic rings. The Morgan fingerprint density at radius 1 is 1.29 bits per heavy atom. The highest BCUT2D eigenvalue weighted by molar-refractivity contribution is 6.30. The minimum absolute atomic E-state index is 0.0247. The summed E-state index contributed by atoms with van der Waals surface area (Å²) < 4.78 is 16.5. The molecule has 0 aromatic heterocycles. The van der Waals surface area contributed by atoms with Gasteiger partial charge in [0.05, 0.1) is 13.2 Å². The van der Waals surface area contributed by atoms with E-state index < -0.39 is 0 Å². The first kappa shape index (κ1) is 18.1. The lowest BCUT2D eigenvalue weighted by molar-refractivity contribution is 0.132. The Morgan fingerprint density at radius 2 is 2.00 bits per heavy atom. The lowest BCUT2D eigenvalue weighted by Gasteiger charge is -2.21. The van der Waals surface area contributed by atoms with E-state index in [9.17, 15) is 0 Å². The van der Waals surface area contributed by atoms with E-state index in [0.717, 1.165) is 24.2 Å². The molecule has 2 N–H and O–H groups in total. The summed E-state index contributed by atoms with van der Waals surface area (Å²) in [7, 11) is 3.29. The van der Waals surface area contributed by atoms with Crippen LogP contribution in [0.15, 0.2) is 12.1 Å². The summed E-state index contributed by atoms with van der Waals surface area (Å²) in [4.78, 5) is 0. The Balaban J connectivity index is 3.01. The molecular formula is C16H26ClNO3. The molecule has 2 unspecified atom stereocenters. The maximum atomic E-state index is 6.15. The van der Waals surface area contributed by atoms with Crippen LogP contribution in [-0.4, -0.2) is 33.0 Å². The van der Waals surface area contributed by atoms with Gasteiger partial charge >= 0.3 is 0 Å². The lowest BCUT2D eigenvalue weighted by Crippen LogP contribution is -2.23. The fraction of sp³-hybridized carbons (Fsp3) is 0.625. The molecule has 0 spiro atoms. The van der Waals surface area contributed by atoms with Gasteiger partial charge in [-0.15, -0.1) is 0 Å². The maximum absolute atomic E-state index is 6.15. The Bertz CT molecular complexity index is 440. The number of benzene rings is 1. The van der Waals surface area contributed by atoms with E-state index in [1.165, 1.54) is 0 Å². The van der Waals surface area contributed by atoms with Crippen LogP contribution in [0.4, 0.5) is 0 Å². The smallest absolute Gasteiger partial charge is 0.164 e. The average molecular weight is 316 g/mol. The van der Waals surface area contributed by atoms with Gasteiger partial charge in [0, 0.05) is 42.8 Å². The summed E-state index contributed by atoms with van der Waals surface area (Å²) in [6, 6.07) is 3.74. The van der Waals surface area contributed by atoms with Gasteiger partial charge in [-0.2, -0.15) is 0 Å². The van der Waals surface area contributed by atoms with Crippen LogP contribution >= 0.6 is 11.6 Å². The molecule has 4 nitrogen and oxygen atoms in total. The number of hydrogen-bond donors (Lipinski definition) is 1. The molecule has 1 rings (SSSR count). The zero-order valence-corrected chi connectivity index (χ0v) is 14.1. The van der Waals surface area contributed by atoms with Gasteiger partial charge in [-0.1, -0.05) is 18.5 Å². The summed E-state index contributed by atoms with van der Waals surface area (Å²) in [5.41, 5.74) is 7.05. The monoisotopic (exact) mass is 315 g/mol. The van der Waals surface area contributed by atoms with Crippen molar-refractivity contribution in [2.24, 2.45) is 5.73 Å². The van der Waals surface area contributed by atoms with Crippen LogP contribution in [0.5, 0.6) is 11.5 Å². The van der Waals surface area contributed by atoms with Gasteiger partial charge in [-0.3, -0.25) is 0 Å². The summed E-state index contributed by atoms with van der Waals surface area (Å²) >= 11 is 6.15. The fourth-order valence-corrected chi connectivity index (χ4v) is 2.26. The molecular weight excluding hydrogens is 290 g/mol. The third-order valence-electron chi connectivity index (χ3n) is 3.37. The van der Waals surface area contributed by atoms with Crippen molar-refractivity contribution in [2.75, 3.05) is 20.8 Å². The van der Waals surface area contributed by atoms with Crippen molar-refractivity contribution in [3.05, 3.63) is 22.7 Å². The zero-order valence-electron chi connectivity index (χ0n) is 13.3. The zero-order chi connectivity index (χ0) is 15.8. The molecule has 0 heterocycles. The molecule has 5 heteroatoms. The molecule has 21 heavy (non-hydrogen) atoms. The van der Waals surface area contributed by atoms with Gasteiger partial charge in [0.2, 0.25) is 0 Å². The van der Waals surface area contributed by atoms with Gasteiger partial charge in [-0.05, 0) is 25.8 Å². The van der Waals surface area contributed by atoms with E-state index in [1.54, 1.807) is 20.3 Å². The Hall–Kier alpha value is -0.970.